The van der Waals surface area contributed by atoms with Crippen LogP contribution in [0.2, 0.25) is 0 Å². The standard InChI is InChI=1S/C11H7ClF6O/c1-5(12)9(19)6-2-7(10(13,14)15)4-8(3-6)11(16,17)18/h2-5H,1H3. The molecule has 106 valence electrons. The molecule has 0 aliphatic heterocycles. The molecule has 1 aromatic rings. The number of Topliss-reactive ketones (excluding diaryl/α,β-unsaturated/α-hetero) is 1. The van der Waals surface area contributed by atoms with E-state index in [0.29, 0.717) is 12.1 Å². The van der Waals surface area contributed by atoms with Gasteiger partial charge in [-0.25, -0.2) is 0 Å². The highest BCUT2D eigenvalue weighted by Crippen LogP contribution is 2.36. The van der Waals surface area contributed by atoms with Crippen LogP contribution in [0.25, 0.3) is 0 Å². The van der Waals surface area contributed by atoms with Gasteiger partial charge in [-0.05, 0) is 25.1 Å². The molecule has 0 amide bonds. The molecule has 0 saturated heterocycles. The molecule has 1 rings (SSSR count). The highest BCUT2D eigenvalue weighted by atomic mass is 35.5. The van der Waals surface area contributed by atoms with Crippen LogP contribution in [-0.2, 0) is 12.4 Å². The first kappa shape index (κ1) is 15.8. The number of benzene rings is 1. The summed E-state index contributed by atoms with van der Waals surface area (Å²) in [6, 6.07) is 0.669. The first-order chi connectivity index (χ1) is 8.43. The Labute approximate surface area is 109 Å². The van der Waals surface area contributed by atoms with E-state index in [-0.39, 0.29) is 6.07 Å². The van der Waals surface area contributed by atoms with Crippen LogP contribution in [-0.4, -0.2) is 11.2 Å². The van der Waals surface area contributed by atoms with Crippen molar-refractivity contribution in [3.63, 3.8) is 0 Å². The lowest BCUT2D eigenvalue weighted by molar-refractivity contribution is -0.143. The van der Waals surface area contributed by atoms with Crippen molar-refractivity contribution >= 4 is 17.4 Å². The van der Waals surface area contributed by atoms with E-state index in [4.69, 9.17) is 11.6 Å². The molecule has 1 aromatic carbocycles. The number of halogens is 7. The van der Waals surface area contributed by atoms with Crippen molar-refractivity contribution in [1.82, 2.24) is 0 Å². The monoisotopic (exact) mass is 304 g/mol. The molecule has 1 atom stereocenters. The first-order valence-electron chi connectivity index (χ1n) is 4.90. The van der Waals surface area contributed by atoms with E-state index in [1.807, 2.05) is 0 Å². The Morgan fingerprint density at radius 3 is 1.63 bits per heavy atom. The van der Waals surface area contributed by atoms with Crippen molar-refractivity contribution < 1.29 is 31.1 Å². The molecule has 1 nitrogen and oxygen atoms in total. The van der Waals surface area contributed by atoms with Crippen LogP contribution in [0.1, 0.15) is 28.4 Å². The van der Waals surface area contributed by atoms with Crippen LogP contribution in [0.3, 0.4) is 0 Å². The zero-order valence-electron chi connectivity index (χ0n) is 9.36. The lowest BCUT2D eigenvalue weighted by atomic mass is 10.0. The third kappa shape index (κ3) is 3.86. The average Bonchev–Trinajstić information content (AvgIpc) is 2.24. The predicted octanol–water partition coefficient (Wildman–Crippen LogP) is 4.53. The lowest BCUT2D eigenvalue weighted by Gasteiger charge is -2.14. The van der Waals surface area contributed by atoms with Crippen LogP contribution in [0, 0.1) is 0 Å². The summed E-state index contributed by atoms with van der Waals surface area (Å²) >= 11 is 5.38. The fraction of sp³-hybridized carbons (Fsp3) is 0.364. The molecule has 0 aliphatic carbocycles. The van der Waals surface area contributed by atoms with Gasteiger partial charge in [-0.15, -0.1) is 11.6 Å². The Morgan fingerprint density at radius 2 is 1.37 bits per heavy atom. The van der Waals surface area contributed by atoms with E-state index in [1.165, 1.54) is 0 Å². The molecular weight excluding hydrogens is 298 g/mol. The molecule has 0 bridgehead atoms. The Bertz CT molecular complexity index is 457. The SMILES string of the molecule is CC(Cl)C(=O)c1cc(C(F)(F)F)cc(C(F)(F)F)c1. The molecule has 0 radical (unpaired) electrons. The number of alkyl halides is 7. The molecule has 0 saturated carbocycles. The zero-order valence-corrected chi connectivity index (χ0v) is 10.1. The van der Waals surface area contributed by atoms with Gasteiger partial charge < -0.3 is 0 Å². The number of hydrogen-bond acceptors (Lipinski definition) is 1. The number of carbonyl (C=O) groups excluding carboxylic acids is 1. The molecular formula is C11H7ClF6O. The summed E-state index contributed by atoms with van der Waals surface area (Å²) in [5.41, 5.74) is -3.80. The summed E-state index contributed by atoms with van der Waals surface area (Å²) in [4.78, 5) is 11.4. The van der Waals surface area contributed by atoms with Gasteiger partial charge in [-0.3, -0.25) is 4.79 Å². The predicted molar refractivity (Wildman–Crippen MR) is 56.1 cm³/mol. The zero-order chi connectivity index (χ0) is 15.0. The normalized spacial score (nSPS) is 14.3. The quantitative estimate of drug-likeness (QED) is 0.445. The van der Waals surface area contributed by atoms with Crippen LogP contribution >= 0.6 is 11.6 Å². The number of carbonyl (C=O) groups is 1. The summed E-state index contributed by atoms with van der Waals surface area (Å²) in [5.74, 6) is -1.00. The van der Waals surface area contributed by atoms with Gasteiger partial charge in [0.15, 0.2) is 5.78 Å². The van der Waals surface area contributed by atoms with Gasteiger partial charge in [0.05, 0.1) is 16.5 Å². The molecule has 0 fully saturated rings. The number of ketones is 1. The molecule has 19 heavy (non-hydrogen) atoms. The van der Waals surface area contributed by atoms with Gasteiger partial charge >= 0.3 is 12.4 Å². The second kappa shape index (κ2) is 5.03. The largest absolute Gasteiger partial charge is 0.416 e. The van der Waals surface area contributed by atoms with Crippen molar-refractivity contribution in [2.24, 2.45) is 0 Å². The maximum atomic E-state index is 12.5. The highest BCUT2D eigenvalue weighted by molar-refractivity contribution is 6.33. The van der Waals surface area contributed by atoms with E-state index in [0.717, 1.165) is 6.92 Å². The summed E-state index contributed by atoms with van der Waals surface area (Å²) < 4.78 is 74.9. The van der Waals surface area contributed by atoms with E-state index in [2.05, 4.69) is 0 Å². The van der Waals surface area contributed by atoms with Gasteiger partial charge in [0.25, 0.3) is 0 Å². The maximum Gasteiger partial charge on any atom is 0.416 e. The summed E-state index contributed by atoms with van der Waals surface area (Å²) in [7, 11) is 0. The molecule has 0 spiro atoms. The topological polar surface area (TPSA) is 17.1 Å². The fourth-order valence-corrected chi connectivity index (χ4v) is 1.45. The number of rotatable bonds is 2. The third-order valence-electron chi connectivity index (χ3n) is 2.23. The molecule has 0 N–H and O–H groups in total. The smallest absolute Gasteiger partial charge is 0.293 e. The Kier molecular flexibility index (Phi) is 4.19. The van der Waals surface area contributed by atoms with Crippen LogP contribution in [0.5, 0.6) is 0 Å². The Balaban J connectivity index is 3.46. The molecule has 8 heteroatoms. The van der Waals surface area contributed by atoms with Crippen molar-refractivity contribution in [2.45, 2.75) is 24.7 Å². The van der Waals surface area contributed by atoms with Gasteiger partial charge in [0.2, 0.25) is 0 Å². The summed E-state index contributed by atoms with van der Waals surface area (Å²) in [6.45, 7) is 1.16. The van der Waals surface area contributed by atoms with Gasteiger partial charge in [-0.2, -0.15) is 26.3 Å². The highest BCUT2D eigenvalue weighted by Gasteiger charge is 2.37. The van der Waals surface area contributed by atoms with Crippen molar-refractivity contribution in [2.75, 3.05) is 0 Å². The minimum atomic E-state index is -4.98. The van der Waals surface area contributed by atoms with Gasteiger partial charge in [0.1, 0.15) is 0 Å². The van der Waals surface area contributed by atoms with Crippen LogP contribution in [0.4, 0.5) is 26.3 Å². The van der Waals surface area contributed by atoms with Crippen LogP contribution in [0.15, 0.2) is 18.2 Å². The molecule has 0 aromatic heterocycles. The first-order valence-corrected chi connectivity index (χ1v) is 5.34. The minimum Gasteiger partial charge on any atom is -0.293 e. The average molecular weight is 305 g/mol. The molecule has 0 heterocycles. The van der Waals surface area contributed by atoms with E-state index in [9.17, 15) is 31.1 Å². The summed E-state index contributed by atoms with van der Waals surface area (Å²) in [5, 5.41) is -1.22. The van der Waals surface area contributed by atoms with E-state index < -0.39 is 40.2 Å². The Hall–Kier alpha value is -1.24. The third-order valence-corrected chi connectivity index (χ3v) is 2.43. The van der Waals surface area contributed by atoms with Gasteiger partial charge in [0, 0.05) is 5.56 Å². The molecule has 1 unspecified atom stereocenters. The van der Waals surface area contributed by atoms with Crippen molar-refractivity contribution in [3.8, 4) is 0 Å². The Morgan fingerprint density at radius 1 is 1.00 bits per heavy atom. The minimum absolute atomic E-state index is 0.0460. The lowest BCUT2D eigenvalue weighted by Crippen LogP contribution is -2.16. The van der Waals surface area contributed by atoms with E-state index in [1.54, 1.807) is 0 Å². The maximum absolute atomic E-state index is 12.5. The summed E-state index contributed by atoms with van der Waals surface area (Å²) in [6.07, 6.45) is -9.96. The van der Waals surface area contributed by atoms with Crippen LogP contribution < -0.4 is 0 Å². The van der Waals surface area contributed by atoms with Gasteiger partial charge in [-0.1, -0.05) is 0 Å². The second-order valence-electron chi connectivity index (χ2n) is 3.77. The van der Waals surface area contributed by atoms with Crippen molar-refractivity contribution in [3.05, 3.63) is 34.9 Å². The second-order valence-corrected chi connectivity index (χ2v) is 4.43. The van der Waals surface area contributed by atoms with Crippen molar-refractivity contribution in [1.29, 1.82) is 0 Å². The fourth-order valence-electron chi connectivity index (χ4n) is 1.33. The molecule has 0 aliphatic rings. The van der Waals surface area contributed by atoms with E-state index >= 15 is 0 Å². The number of hydrogen-bond donors (Lipinski definition) is 0.